The Bertz CT molecular complexity index is 635. The molecular weight excluding hydrogens is 284 g/mol. The number of nitrogens with one attached hydrogen (secondary N) is 1. The van der Waals surface area contributed by atoms with Crippen molar-refractivity contribution in [3.63, 3.8) is 0 Å². The van der Waals surface area contributed by atoms with Crippen LogP contribution in [0, 0.1) is 5.41 Å². The maximum atomic E-state index is 6.03. The minimum Gasteiger partial charge on any atom is -0.369 e. The van der Waals surface area contributed by atoms with Crippen molar-refractivity contribution in [1.82, 2.24) is 14.9 Å². The van der Waals surface area contributed by atoms with Crippen LogP contribution in [0.2, 0.25) is 5.28 Å². The lowest BCUT2D eigenvalue weighted by atomic mass is 9.80. The number of rotatable bonds is 3. The number of fused-ring (bicyclic) bond motifs is 1. The van der Waals surface area contributed by atoms with Gasteiger partial charge in [0.2, 0.25) is 5.28 Å². The molecule has 1 aromatic heterocycles. The van der Waals surface area contributed by atoms with Gasteiger partial charge in [-0.1, -0.05) is 19.1 Å². The molecule has 0 amide bonds. The van der Waals surface area contributed by atoms with E-state index in [1.807, 2.05) is 24.3 Å². The third-order valence-electron chi connectivity index (χ3n) is 4.45. The summed E-state index contributed by atoms with van der Waals surface area (Å²) in [6.45, 7) is 5.57. The van der Waals surface area contributed by atoms with Gasteiger partial charge in [0.15, 0.2) is 0 Å². The first-order valence-electron chi connectivity index (χ1n) is 7.40. The molecule has 0 aliphatic carbocycles. The monoisotopic (exact) mass is 304 g/mol. The van der Waals surface area contributed by atoms with Crippen molar-refractivity contribution < 1.29 is 0 Å². The zero-order valence-corrected chi connectivity index (χ0v) is 13.3. The van der Waals surface area contributed by atoms with Gasteiger partial charge in [-0.2, -0.15) is 0 Å². The number of hydrogen-bond acceptors (Lipinski definition) is 4. The number of benzene rings is 1. The molecule has 0 unspecified atom stereocenters. The summed E-state index contributed by atoms with van der Waals surface area (Å²) in [5, 5.41) is 4.82. The summed E-state index contributed by atoms with van der Waals surface area (Å²) in [4.78, 5) is 11.0. The quantitative estimate of drug-likeness (QED) is 0.882. The van der Waals surface area contributed by atoms with Gasteiger partial charge >= 0.3 is 0 Å². The van der Waals surface area contributed by atoms with Crippen molar-refractivity contribution in [1.29, 1.82) is 0 Å². The van der Waals surface area contributed by atoms with Gasteiger partial charge in [0.1, 0.15) is 5.82 Å². The molecule has 2 aromatic rings. The number of para-hydroxylation sites is 1. The van der Waals surface area contributed by atoms with Gasteiger partial charge in [-0.3, -0.25) is 0 Å². The molecule has 0 radical (unpaired) electrons. The summed E-state index contributed by atoms with van der Waals surface area (Å²) >= 11 is 6.03. The third kappa shape index (κ3) is 3.27. The molecule has 1 fully saturated rings. The fourth-order valence-corrected chi connectivity index (χ4v) is 2.99. The van der Waals surface area contributed by atoms with Gasteiger partial charge in [-0.05, 0) is 62.1 Å². The minimum absolute atomic E-state index is 0.296. The predicted octanol–water partition coefficient (Wildman–Crippen LogP) is 3.43. The van der Waals surface area contributed by atoms with E-state index in [4.69, 9.17) is 11.6 Å². The molecule has 0 saturated carbocycles. The zero-order chi connectivity index (χ0) is 14.9. The van der Waals surface area contributed by atoms with Crippen molar-refractivity contribution in [3.05, 3.63) is 29.5 Å². The van der Waals surface area contributed by atoms with Crippen LogP contribution in [0.5, 0.6) is 0 Å². The molecule has 0 spiro atoms. The second kappa shape index (κ2) is 5.78. The van der Waals surface area contributed by atoms with E-state index in [9.17, 15) is 0 Å². The number of aromatic nitrogens is 2. The first kappa shape index (κ1) is 14.5. The van der Waals surface area contributed by atoms with Gasteiger partial charge in [0.05, 0.1) is 5.52 Å². The van der Waals surface area contributed by atoms with E-state index in [1.54, 1.807) is 0 Å². The van der Waals surface area contributed by atoms with Crippen LogP contribution >= 0.6 is 11.6 Å². The Kier molecular flexibility index (Phi) is 4.00. The average Bonchev–Trinajstić information content (AvgIpc) is 2.48. The van der Waals surface area contributed by atoms with Gasteiger partial charge in [0.25, 0.3) is 0 Å². The number of halogens is 1. The lowest BCUT2D eigenvalue weighted by Crippen LogP contribution is -2.40. The molecule has 1 aliphatic rings. The fraction of sp³-hybridized carbons (Fsp3) is 0.500. The van der Waals surface area contributed by atoms with E-state index < -0.39 is 0 Å². The lowest BCUT2D eigenvalue weighted by Gasteiger charge is -2.38. The average molecular weight is 305 g/mol. The summed E-state index contributed by atoms with van der Waals surface area (Å²) in [5.41, 5.74) is 1.19. The molecular formula is C16H21ClN4. The van der Waals surface area contributed by atoms with Crippen LogP contribution in [-0.4, -0.2) is 41.5 Å². The molecule has 1 saturated heterocycles. The Morgan fingerprint density at radius 2 is 1.95 bits per heavy atom. The van der Waals surface area contributed by atoms with E-state index >= 15 is 0 Å². The topological polar surface area (TPSA) is 41.0 Å². The first-order valence-corrected chi connectivity index (χ1v) is 7.78. The van der Waals surface area contributed by atoms with Gasteiger partial charge in [0, 0.05) is 11.9 Å². The highest BCUT2D eigenvalue weighted by Gasteiger charge is 2.28. The molecule has 0 atom stereocenters. The van der Waals surface area contributed by atoms with E-state index in [1.165, 1.54) is 12.8 Å². The van der Waals surface area contributed by atoms with Gasteiger partial charge in [-0.15, -0.1) is 0 Å². The normalized spacial score (nSPS) is 18.8. The van der Waals surface area contributed by atoms with Crippen molar-refractivity contribution in [2.45, 2.75) is 19.8 Å². The number of hydrogen-bond donors (Lipinski definition) is 1. The van der Waals surface area contributed by atoms with E-state index in [-0.39, 0.29) is 0 Å². The van der Waals surface area contributed by atoms with Crippen LogP contribution in [0.25, 0.3) is 10.9 Å². The smallest absolute Gasteiger partial charge is 0.224 e. The van der Waals surface area contributed by atoms with Crippen molar-refractivity contribution >= 4 is 28.3 Å². The Hall–Kier alpha value is -1.39. The summed E-state index contributed by atoms with van der Waals surface area (Å²) < 4.78 is 0. The zero-order valence-electron chi connectivity index (χ0n) is 12.6. The molecule has 1 aromatic carbocycles. The molecule has 2 heterocycles. The maximum Gasteiger partial charge on any atom is 0.224 e. The highest BCUT2D eigenvalue weighted by Crippen LogP contribution is 2.31. The van der Waals surface area contributed by atoms with Crippen LogP contribution in [-0.2, 0) is 0 Å². The molecule has 5 heteroatoms. The lowest BCUT2D eigenvalue weighted by molar-refractivity contribution is 0.150. The maximum absolute atomic E-state index is 6.03. The highest BCUT2D eigenvalue weighted by atomic mass is 35.5. The molecule has 1 N–H and O–H groups in total. The Morgan fingerprint density at radius 3 is 2.71 bits per heavy atom. The summed E-state index contributed by atoms with van der Waals surface area (Å²) in [5.74, 6) is 0.839. The number of nitrogens with zero attached hydrogens (tertiary/aromatic N) is 3. The second-order valence-electron chi connectivity index (χ2n) is 6.33. The van der Waals surface area contributed by atoms with Crippen LogP contribution in [0.4, 0.5) is 5.82 Å². The minimum atomic E-state index is 0.296. The fourth-order valence-electron chi connectivity index (χ4n) is 2.82. The predicted molar refractivity (Wildman–Crippen MR) is 87.9 cm³/mol. The highest BCUT2D eigenvalue weighted by molar-refractivity contribution is 6.28. The summed E-state index contributed by atoms with van der Waals surface area (Å²) in [6.07, 6.45) is 2.40. The molecule has 21 heavy (non-hydrogen) atoms. The summed E-state index contributed by atoms with van der Waals surface area (Å²) in [6, 6.07) is 7.96. The number of likely N-dealkylation sites (tertiary alicyclic amines) is 1. The Balaban J connectivity index is 1.79. The van der Waals surface area contributed by atoms with Crippen molar-refractivity contribution in [2.24, 2.45) is 5.41 Å². The first-order chi connectivity index (χ1) is 10.1. The van der Waals surface area contributed by atoms with Crippen molar-refractivity contribution in [2.75, 3.05) is 32.0 Å². The van der Waals surface area contributed by atoms with Crippen LogP contribution in [0.15, 0.2) is 24.3 Å². The van der Waals surface area contributed by atoms with E-state index in [2.05, 4.69) is 34.2 Å². The van der Waals surface area contributed by atoms with Crippen LogP contribution in [0.3, 0.4) is 0 Å². The standard InChI is InChI=1S/C16H21ClN4/c1-16(7-9-21(2)10-8-16)11-18-14-12-5-3-4-6-13(12)19-15(17)20-14/h3-6H,7-11H2,1-2H3,(H,18,19,20). The Labute approximate surface area is 130 Å². The van der Waals surface area contributed by atoms with Crippen LogP contribution < -0.4 is 5.32 Å². The molecule has 1 aliphatic heterocycles. The number of anilines is 1. The Morgan fingerprint density at radius 1 is 1.24 bits per heavy atom. The molecule has 4 nitrogen and oxygen atoms in total. The van der Waals surface area contributed by atoms with Gasteiger partial charge in [-0.25, -0.2) is 9.97 Å². The van der Waals surface area contributed by atoms with Gasteiger partial charge < -0.3 is 10.2 Å². The third-order valence-corrected chi connectivity index (χ3v) is 4.62. The second-order valence-corrected chi connectivity index (χ2v) is 6.66. The van der Waals surface area contributed by atoms with Crippen LogP contribution in [0.1, 0.15) is 19.8 Å². The summed E-state index contributed by atoms with van der Waals surface area (Å²) in [7, 11) is 2.19. The van der Waals surface area contributed by atoms with Crippen molar-refractivity contribution in [3.8, 4) is 0 Å². The van der Waals surface area contributed by atoms with E-state index in [0.29, 0.717) is 10.7 Å². The largest absolute Gasteiger partial charge is 0.369 e. The number of piperidine rings is 1. The molecule has 3 rings (SSSR count). The molecule has 0 bridgehead atoms. The SMILES string of the molecule is CN1CCC(C)(CNc2nc(Cl)nc3ccccc23)CC1. The van der Waals surface area contributed by atoms with E-state index in [0.717, 1.165) is 36.4 Å². The molecule has 112 valence electrons.